The van der Waals surface area contributed by atoms with E-state index in [1.807, 2.05) is 48.2 Å². The molecule has 0 aliphatic carbocycles. The average Bonchev–Trinajstić information content (AvgIpc) is 2.75. The molecule has 0 spiro atoms. The van der Waals surface area contributed by atoms with Gasteiger partial charge in [-0.2, -0.15) is 5.10 Å². The lowest BCUT2D eigenvalue weighted by atomic mass is 10.2. The predicted octanol–water partition coefficient (Wildman–Crippen LogP) is 3.86. The number of amides is 1. The van der Waals surface area contributed by atoms with Crippen LogP contribution in [0, 0.1) is 0 Å². The SMILES string of the molecule is CCOc1cc(/C=N\NC(=O)CN2CCOCC2)cc(Br)c1OCc1ccccc1Cl. The van der Waals surface area contributed by atoms with Gasteiger partial charge in [0, 0.05) is 23.7 Å². The highest BCUT2D eigenvalue weighted by Gasteiger charge is 2.15. The van der Waals surface area contributed by atoms with Crippen molar-refractivity contribution in [2.45, 2.75) is 13.5 Å². The van der Waals surface area contributed by atoms with Gasteiger partial charge in [0.15, 0.2) is 11.5 Å². The van der Waals surface area contributed by atoms with E-state index in [2.05, 4.69) is 26.5 Å². The van der Waals surface area contributed by atoms with Crippen molar-refractivity contribution in [3.05, 3.63) is 57.0 Å². The van der Waals surface area contributed by atoms with Crippen molar-refractivity contribution in [1.29, 1.82) is 0 Å². The van der Waals surface area contributed by atoms with Gasteiger partial charge < -0.3 is 14.2 Å². The van der Waals surface area contributed by atoms with E-state index in [4.69, 9.17) is 25.8 Å². The highest BCUT2D eigenvalue weighted by Crippen LogP contribution is 2.37. The zero-order valence-electron chi connectivity index (χ0n) is 17.3. The molecule has 3 rings (SSSR count). The van der Waals surface area contributed by atoms with Crippen LogP contribution >= 0.6 is 27.5 Å². The fourth-order valence-corrected chi connectivity index (χ4v) is 3.77. The largest absolute Gasteiger partial charge is 0.490 e. The van der Waals surface area contributed by atoms with Crippen LogP contribution in [0.3, 0.4) is 0 Å². The summed E-state index contributed by atoms with van der Waals surface area (Å²) in [5, 5.41) is 4.71. The Labute approximate surface area is 195 Å². The van der Waals surface area contributed by atoms with Gasteiger partial charge in [-0.05, 0) is 46.6 Å². The van der Waals surface area contributed by atoms with Gasteiger partial charge in [0.1, 0.15) is 6.61 Å². The molecule has 0 saturated carbocycles. The lowest BCUT2D eigenvalue weighted by molar-refractivity contribution is -0.123. The van der Waals surface area contributed by atoms with Gasteiger partial charge in [0.2, 0.25) is 0 Å². The lowest BCUT2D eigenvalue weighted by Crippen LogP contribution is -2.42. The number of hydrogen-bond acceptors (Lipinski definition) is 6. The first kappa shape index (κ1) is 23.5. The summed E-state index contributed by atoms with van der Waals surface area (Å²) in [4.78, 5) is 14.1. The highest BCUT2D eigenvalue weighted by atomic mass is 79.9. The zero-order valence-corrected chi connectivity index (χ0v) is 19.6. The number of rotatable bonds is 9. The number of hydrogen-bond donors (Lipinski definition) is 1. The highest BCUT2D eigenvalue weighted by molar-refractivity contribution is 9.10. The Bertz CT molecular complexity index is 920. The minimum atomic E-state index is -0.165. The number of carbonyl (C=O) groups excluding carboxylic acids is 1. The molecule has 0 unspecified atom stereocenters. The molecular formula is C22H25BrClN3O4. The molecule has 1 heterocycles. The van der Waals surface area contributed by atoms with Gasteiger partial charge in [-0.15, -0.1) is 0 Å². The maximum absolute atomic E-state index is 12.1. The topological polar surface area (TPSA) is 72.4 Å². The Balaban J connectivity index is 1.63. The van der Waals surface area contributed by atoms with E-state index >= 15 is 0 Å². The average molecular weight is 511 g/mol. The molecule has 1 saturated heterocycles. The molecule has 1 amide bonds. The first-order valence-electron chi connectivity index (χ1n) is 10.0. The fourth-order valence-electron chi connectivity index (χ4n) is 3.01. The molecule has 1 fully saturated rings. The number of nitrogens with one attached hydrogen (secondary N) is 1. The Morgan fingerprint density at radius 1 is 1.29 bits per heavy atom. The van der Waals surface area contributed by atoms with Gasteiger partial charge in [-0.1, -0.05) is 29.8 Å². The number of halogens is 2. The summed E-state index contributed by atoms with van der Waals surface area (Å²) in [6.07, 6.45) is 1.57. The molecule has 1 N–H and O–H groups in total. The quantitative estimate of drug-likeness (QED) is 0.410. The molecule has 2 aromatic carbocycles. The standard InChI is InChI=1S/C22H25BrClN3O4/c1-2-30-20-12-16(13-25-26-21(28)14-27-7-9-29-10-8-27)11-18(23)22(20)31-15-17-5-3-4-6-19(17)24/h3-6,11-13H,2,7-10,14-15H2,1H3,(H,26,28)/b25-13-. The summed E-state index contributed by atoms with van der Waals surface area (Å²) in [5.74, 6) is 0.988. The number of carbonyl (C=O) groups is 1. The smallest absolute Gasteiger partial charge is 0.254 e. The third kappa shape index (κ3) is 7.21. The second-order valence-corrected chi connectivity index (χ2v) is 8.09. The number of nitrogens with zero attached hydrogens (tertiary/aromatic N) is 2. The van der Waals surface area contributed by atoms with Crippen molar-refractivity contribution in [1.82, 2.24) is 10.3 Å². The van der Waals surface area contributed by atoms with Crippen LogP contribution in [0.2, 0.25) is 5.02 Å². The summed E-state index contributed by atoms with van der Waals surface area (Å²) in [7, 11) is 0. The Kier molecular flexibility index (Phi) is 9.14. The predicted molar refractivity (Wildman–Crippen MR) is 124 cm³/mol. The number of morpholine rings is 1. The first-order chi connectivity index (χ1) is 15.1. The molecule has 7 nitrogen and oxygen atoms in total. The van der Waals surface area contributed by atoms with E-state index in [1.165, 1.54) is 0 Å². The van der Waals surface area contributed by atoms with Crippen LogP contribution in [0.15, 0.2) is 46.0 Å². The molecule has 1 aliphatic heterocycles. The number of hydrazone groups is 1. The summed E-state index contributed by atoms with van der Waals surface area (Å²) in [6.45, 7) is 5.77. The number of benzene rings is 2. The molecule has 1 aliphatic rings. The maximum Gasteiger partial charge on any atom is 0.254 e. The van der Waals surface area contributed by atoms with Gasteiger partial charge >= 0.3 is 0 Å². The summed E-state index contributed by atoms with van der Waals surface area (Å²) < 4.78 is 17.7. The summed E-state index contributed by atoms with van der Waals surface area (Å²) >= 11 is 9.76. The van der Waals surface area contributed by atoms with Gasteiger partial charge in [-0.25, -0.2) is 5.43 Å². The monoisotopic (exact) mass is 509 g/mol. The summed E-state index contributed by atoms with van der Waals surface area (Å²) in [5.41, 5.74) is 4.20. The van der Waals surface area contributed by atoms with Gasteiger partial charge in [0.05, 0.1) is 37.1 Å². The van der Waals surface area contributed by atoms with Crippen molar-refractivity contribution in [3.63, 3.8) is 0 Å². The van der Waals surface area contributed by atoms with Crippen molar-refractivity contribution in [2.75, 3.05) is 39.5 Å². The first-order valence-corrected chi connectivity index (χ1v) is 11.2. The van der Waals surface area contributed by atoms with Gasteiger partial charge in [-0.3, -0.25) is 9.69 Å². The van der Waals surface area contributed by atoms with E-state index in [0.29, 0.717) is 54.0 Å². The third-order valence-electron chi connectivity index (χ3n) is 4.54. The molecule has 9 heteroatoms. The van der Waals surface area contributed by atoms with Crippen molar-refractivity contribution in [3.8, 4) is 11.5 Å². The normalized spacial score (nSPS) is 14.5. The fraction of sp³-hybridized carbons (Fsp3) is 0.364. The zero-order chi connectivity index (χ0) is 22.1. The van der Waals surface area contributed by atoms with E-state index in [-0.39, 0.29) is 5.91 Å². The Morgan fingerprint density at radius 3 is 2.81 bits per heavy atom. The van der Waals surface area contributed by atoms with E-state index in [0.717, 1.165) is 24.2 Å². The van der Waals surface area contributed by atoms with Crippen LogP contribution < -0.4 is 14.9 Å². The van der Waals surface area contributed by atoms with Crippen LogP contribution in [0.4, 0.5) is 0 Å². The molecule has 2 aromatic rings. The van der Waals surface area contributed by atoms with Gasteiger partial charge in [0.25, 0.3) is 5.91 Å². The molecule has 31 heavy (non-hydrogen) atoms. The second-order valence-electron chi connectivity index (χ2n) is 6.82. The van der Waals surface area contributed by atoms with E-state index < -0.39 is 0 Å². The molecule has 0 aromatic heterocycles. The van der Waals surface area contributed by atoms with Crippen LogP contribution in [-0.4, -0.2) is 56.5 Å². The van der Waals surface area contributed by atoms with Crippen LogP contribution in [0.25, 0.3) is 0 Å². The molecule has 0 bridgehead atoms. The maximum atomic E-state index is 12.1. The van der Waals surface area contributed by atoms with Crippen LogP contribution in [0.5, 0.6) is 11.5 Å². The number of ether oxygens (including phenoxy) is 3. The van der Waals surface area contributed by atoms with Crippen molar-refractivity contribution < 1.29 is 19.0 Å². The van der Waals surface area contributed by atoms with E-state index in [9.17, 15) is 4.79 Å². The minimum Gasteiger partial charge on any atom is -0.490 e. The molecule has 0 radical (unpaired) electrons. The summed E-state index contributed by atoms with van der Waals surface area (Å²) in [6, 6.07) is 11.2. The van der Waals surface area contributed by atoms with Crippen LogP contribution in [0.1, 0.15) is 18.1 Å². The Hall–Kier alpha value is -2.13. The third-order valence-corrected chi connectivity index (χ3v) is 5.49. The van der Waals surface area contributed by atoms with Crippen molar-refractivity contribution >= 4 is 39.7 Å². The second kappa shape index (κ2) is 12.0. The van der Waals surface area contributed by atoms with E-state index in [1.54, 1.807) is 6.21 Å². The van der Waals surface area contributed by atoms with Crippen LogP contribution in [-0.2, 0) is 16.1 Å². The molecule has 0 atom stereocenters. The van der Waals surface area contributed by atoms with Crippen molar-refractivity contribution in [2.24, 2.45) is 5.10 Å². The minimum absolute atomic E-state index is 0.165. The molecule has 166 valence electrons. The Morgan fingerprint density at radius 2 is 2.06 bits per heavy atom. The lowest BCUT2D eigenvalue weighted by Gasteiger charge is -2.25. The molecular weight excluding hydrogens is 486 g/mol.